The Bertz CT molecular complexity index is 734. The Kier molecular flexibility index (Phi) is 6.50. The minimum atomic E-state index is 0.227. The third-order valence-electron chi connectivity index (χ3n) is 6.46. The zero-order chi connectivity index (χ0) is 19.3. The lowest BCUT2D eigenvalue weighted by Gasteiger charge is -2.41. The smallest absolute Gasteiger partial charge is 0.118 e. The minimum absolute atomic E-state index is 0.227. The number of aromatic amines is 1. The molecule has 2 aromatic heterocycles. The van der Waals surface area contributed by atoms with Crippen LogP contribution < -0.4 is 0 Å². The quantitative estimate of drug-likeness (QED) is 0.763. The molecule has 1 unspecified atom stereocenters. The summed E-state index contributed by atoms with van der Waals surface area (Å²) >= 11 is 0. The number of nitrogens with one attached hydrogen (secondary N) is 1. The number of piperazine rings is 1. The summed E-state index contributed by atoms with van der Waals surface area (Å²) in [7, 11) is 0. The molecule has 4 rings (SSSR count). The normalized spacial score (nSPS) is 22.7. The van der Waals surface area contributed by atoms with Gasteiger partial charge in [-0.1, -0.05) is 19.3 Å². The first kappa shape index (κ1) is 19.7. The standard InChI is InChI=1S/C22H34N4O2/c1-17-7-8-21(28-17)16-26-11-10-25(15-20(26)9-12-27)14-19-13-23-24-22(19)18-5-3-2-4-6-18/h7-8,13,18,20,27H,2-6,9-12,14-16H2,1H3,(H,23,24). The fraction of sp³-hybridized carbons (Fsp3) is 0.682. The molecule has 0 bridgehead atoms. The van der Waals surface area contributed by atoms with Gasteiger partial charge in [-0.15, -0.1) is 0 Å². The third-order valence-corrected chi connectivity index (χ3v) is 6.46. The summed E-state index contributed by atoms with van der Waals surface area (Å²) in [6.45, 7) is 7.02. The summed E-state index contributed by atoms with van der Waals surface area (Å²) in [6.07, 6.45) is 9.47. The lowest BCUT2D eigenvalue weighted by Crippen LogP contribution is -2.52. The average Bonchev–Trinajstić information content (AvgIpc) is 3.33. The molecular weight excluding hydrogens is 352 g/mol. The van der Waals surface area contributed by atoms with E-state index < -0.39 is 0 Å². The van der Waals surface area contributed by atoms with Crippen molar-refractivity contribution < 1.29 is 9.52 Å². The second-order valence-electron chi connectivity index (χ2n) is 8.53. The van der Waals surface area contributed by atoms with E-state index in [9.17, 15) is 5.11 Å². The van der Waals surface area contributed by atoms with E-state index in [4.69, 9.17) is 4.42 Å². The van der Waals surface area contributed by atoms with Crippen LogP contribution in [-0.4, -0.2) is 57.4 Å². The van der Waals surface area contributed by atoms with Crippen molar-refractivity contribution in [2.75, 3.05) is 26.2 Å². The molecule has 1 atom stereocenters. The van der Waals surface area contributed by atoms with Gasteiger partial charge in [-0.05, 0) is 38.3 Å². The maximum atomic E-state index is 9.58. The SMILES string of the molecule is Cc1ccc(CN2CCN(Cc3cn[nH]c3C3CCCCC3)CC2CCO)o1. The number of H-pyrrole nitrogens is 1. The molecule has 6 heteroatoms. The van der Waals surface area contributed by atoms with Crippen molar-refractivity contribution in [1.29, 1.82) is 0 Å². The fourth-order valence-corrected chi connectivity index (χ4v) is 4.93. The van der Waals surface area contributed by atoms with Crippen LogP contribution in [0.1, 0.15) is 67.2 Å². The summed E-state index contributed by atoms with van der Waals surface area (Å²) in [4.78, 5) is 4.99. The molecule has 3 heterocycles. The molecule has 0 spiro atoms. The van der Waals surface area contributed by atoms with Gasteiger partial charge >= 0.3 is 0 Å². The van der Waals surface area contributed by atoms with E-state index in [1.165, 1.54) is 43.4 Å². The molecule has 0 aromatic carbocycles. The maximum Gasteiger partial charge on any atom is 0.118 e. The number of rotatable bonds is 7. The molecule has 0 amide bonds. The van der Waals surface area contributed by atoms with Gasteiger partial charge < -0.3 is 9.52 Å². The van der Waals surface area contributed by atoms with Crippen LogP contribution >= 0.6 is 0 Å². The van der Waals surface area contributed by atoms with Gasteiger partial charge in [-0.25, -0.2) is 0 Å². The van der Waals surface area contributed by atoms with Crippen molar-refractivity contribution in [3.63, 3.8) is 0 Å². The lowest BCUT2D eigenvalue weighted by molar-refractivity contribution is 0.0452. The largest absolute Gasteiger partial charge is 0.465 e. The average molecular weight is 387 g/mol. The van der Waals surface area contributed by atoms with Gasteiger partial charge in [-0.2, -0.15) is 5.10 Å². The van der Waals surface area contributed by atoms with Crippen molar-refractivity contribution in [3.8, 4) is 0 Å². The van der Waals surface area contributed by atoms with Crippen molar-refractivity contribution in [1.82, 2.24) is 20.0 Å². The molecule has 2 fully saturated rings. The number of furan rings is 1. The Morgan fingerprint density at radius 3 is 2.79 bits per heavy atom. The molecular formula is C22H34N4O2. The molecule has 1 aliphatic heterocycles. The fourth-order valence-electron chi connectivity index (χ4n) is 4.93. The summed E-state index contributed by atoms with van der Waals surface area (Å²) in [6, 6.07) is 4.45. The van der Waals surface area contributed by atoms with Crippen molar-refractivity contribution in [3.05, 3.63) is 41.1 Å². The topological polar surface area (TPSA) is 68.5 Å². The van der Waals surface area contributed by atoms with Crippen LogP contribution in [0.25, 0.3) is 0 Å². The second kappa shape index (κ2) is 9.25. The highest BCUT2D eigenvalue weighted by molar-refractivity contribution is 5.21. The van der Waals surface area contributed by atoms with Gasteiger partial charge in [0.25, 0.3) is 0 Å². The van der Waals surface area contributed by atoms with Crippen LogP contribution in [0.5, 0.6) is 0 Å². The summed E-state index contributed by atoms with van der Waals surface area (Å²) in [5.41, 5.74) is 2.73. The molecule has 6 nitrogen and oxygen atoms in total. The van der Waals surface area contributed by atoms with Gasteiger partial charge in [0.05, 0.1) is 12.7 Å². The molecule has 1 aliphatic carbocycles. The summed E-state index contributed by atoms with van der Waals surface area (Å²) < 4.78 is 5.78. The highest BCUT2D eigenvalue weighted by Crippen LogP contribution is 2.33. The van der Waals surface area contributed by atoms with Gasteiger partial charge in [0, 0.05) is 56.0 Å². The Morgan fingerprint density at radius 1 is 1.18 bits per heavy atom. The van der Waals surface area contributed by atoms with E-state index >= 15 is 0 Å². The van der Waals surface area contributed by atoms with Crippen LogP contribution in [-0.2, 0) is 13.1 Å². The van der Waals surface area contributed by atoms with E-state index in [1.807, 2.05) is 19.2 Å². The zero-order valence-corrected chi connectivity index (χ0v) is 17.1. The molecule has 28 heavy (non-hydrogen) atoms. The first-order valence-corrected chi connectivity index (χ1v) is 10.9. The van der Waals surface area contributed by atoms with Crippen LogP contribution in [0, 0.1) is 6.92 Å². The highest BCUT2D eigenvalue weighted by Gasteiger charge is 2.29. The van der Waals surface area contributed by atoms with E-state index in [2.05, 4.69) is 26.1 Å². The molecule has 2 aliphatic rings. The number of hydrogen-bond donors (Lipinski definition) is 2. The summed E-state index contributed by atoms with van der Waals surface area (Å²) in [5, 5.41) is 17.3. The Morgan fingerprint density at radius 2 is 2.04 bits per heavy atom. The monoisotopic (exact) mass is 386 g/mol. The van der Waals surface area contributed by atoms with Crippen molar-refractivity contribution in [2.45, 2.75) is 70.5 Å². The number of aliphatic hydroxyl groups excluding tert-OH is 1. The van der Waals surface area contributed by atoms with Crippen LogP contribution in [0.15, 0.2) is 22.7 Å². The summed E-state index contributed by atoms with van der Waals surface area (Å²) in [5.74, 6) is 2.63. The van der Waals surface area contributed by atoms with E-state index in [1.54, 1.807) is 0 Å². The van der Waals surface area contributed by atoms with Crippen LogP contribution in [0.4, 0.5) is 0 Å². The molecule has 0 radical (unpaired) electrons. The number of nitrogens with zero attached hydrogens (tertiary/aromatic N) is 3. The predicted octanol–water partition coefficient (Wildman–Crippen LogP) is 3.43. The van der Waals surface area contributed by atoms with Crippen molar-refractivity contribution in [2.24, 2.45) is 0 Å². The maximum absolute atomic E-state index is 9.58. The van der Waals surface area contributed by atoms with Crippen LogP contribution in [0.2, 0.25) is 0 Å². The molecule has 2 aromatic rings. The number of aliphatic hydroxyl groups is 1. The zero-order valence-electron chi connectivity index (χ0n) is 17.1. The van der Waals surface area contributed by atoms with Crippen LogP contribution in [0.3, 0.4) is 0 Å². The first-order valence-electron chi connectivity index (χ1n) is 10.9. The lowest BCUT2D eigenvalue weighted by atomic mass is 9.85. The molecule has 2 N–H and O–H groups in total. The van der Waals surface area contributed by atoms with Crippen molar-refractivity contribution >= 4 is 0 Å². The van der Waals surface area contributed by atoms with Gasteiger partial charge in [0.2, 0.25) is 0 Å². The first-order chi connectivity index (χ1) is 13.7. The number of aryl methyl sites for hydroxylation is 1. The van der Waals surface area contributed by atoms with E-state index in [0.717, 1.165) is 50.7 Å². The van der Waals surface area contributed by atoms with Gasteiger partial charge in [0.15, 0.2) is 0 Å². The Hall–Kier alpha value is -1.63. The molecule has 1 saturated heterocycles. The second-order valence-corrected chi connectivity index (χ2v) is 8.53. The number of aromatic nitrogens is 2. The Balaban J connectivity index is 1.38. The number of hydrogen-bond acceptors (Lipinski definition) is 5. The minimum Gasteiger partial charge on any atom is -0.465 e. The Labute approximate surface area is 167 Å². The third kappa shape index (κ3) is 4.67. The van der Waals surface area contributed by atoms with Gasteiger partial charge in [-0.3, -0.25) is 14.9 Å². The van der Waals surface area contributed by atoms with Gasteiger partial charge in [0.1, 0.15) is 11.5 Å². The molecule has 154 valence electrons. The van der Waals surface area contributed by atoms with E-state index in [0.29, 0.717) is 12.0 Å². The molecule has 1 saturated carbocycles. The highest BCUT2D eigenvalue weighted by atomic mass is 16.3. The predicted molar refractivity (Wildman–Crippen MR) is 109 cm³/mol. The van der Waals surface area contributed by atoms with E-state index in [-0.39, 0.29) is 6.61 Å².